The summed E-state index contributed by atoms with van der Waals surface area (Å²) in [7, 11) is 0. The fraction of sp³-hybridized carbons (Fsp3) is 0.414. The summed E-state index contributed by atoms with van der Waals surface area (Å²) in [6.45, 7) is 3.40. The van der Waals surface area contributed by atoms with Crippen molar-refractivity contribution in [1.82, 2.24) is 14.8 Å². The molecule has 3 heterocycles. The van der Waals surface area contributed by atoms with Crippen LogP contribution in [-0.2, 0) is 11.2 Å². The lowest BCUT2D eigenvalue weighted by Crippen LogP contribution is -2.32. The third kappa shape index (κ3) is 5.64. The SMILES string of the molecule is O=C1CCCN1CCOc1cccc(C(=O)N2CCCC(Cc3cccc4cccnc34)CC2)c1. The zero-order valence-corrected chi connectivity index (χ0v) is 20.2. The van der Waals surface area contributed by atoms with Gasteiger partial charge in [0.05, 0.1) is 12.1 Å². The molecule has 0 aliphatic carbocycles. The van der Waals surface area contributed by atoms with Crippen LogP contribution in [0.3, 0.4) is 0 Å². The first kappa shape index (κ1) is 23.3. The predicted molar refractivity (Wildman–Crippen MR) is 136 cm³/mol. The monoisotopic (exact) mass is 471 g/mol. The van der Waals surface area contributed by atoms with Gasteiger partial charge < -0.3 is 14.5 Å². The number of para-hydroxylation sites is 1. The molecule has 6 nitrogen and oxygen atoms in total. The largest absolute Gasteiger partial charge is 0.492 e. The number of nitrogens with zero attached hydrogens (tertiary/aromatic N) is 3. The van der Waals surface area contributed by atoms with Crippen molar-refractivity contribution >= 4 is 22.7 Å². The predicted octanol–water partition coefficient (Wildman–Crippen LogP) is 4.72. The van der Waals surface area contributed by atoms with E-state index in [1.807, 2.05) is 46.3 Å². The number of pyridine rings is 1. The molecule has 2 aliphatic heterocycles. The zero-order valence-electron chi connectivity index (χ0n) is 20.2. The smallest absolute Gasteiger partial charge is 0.253 e. The van der Waals surface area contributed by atoms with E-state index in [0.717, 1.165) is 57.3 Å². The Bertz CT molecular complexity index is 1190. The van der Waals surface area contributed by atoms with Gasteiger partial charge in [-0.25, -0.2) is 0 Å². The molecular weight excluding hydrogens is 438 g/mol. The molecule has 0 saturated carbocycles. The lowest BCUT2D eigenvalue weighted by molar-refractivity contribution is -0.128. The van der Waals surface area contributed by atoms with Gasteiger partial charge in [-0.2, -0.15) is 0 Å². The molecule has 182 valence electrons. The molecule has 1 aromatic heterocycles. The fourth-order valence-electron chi connectivity index (χ4n) is 5.33. The number of hydrogen-bond acceptors (Lipinski definition) is 4. The number of carbonyl (C=O) groups excluding carboxylic acids is 2. The minimum atomic E-state index is 0.0673. The summed E-state index contributed by atoms with van der Waals surface area (Å²) in [6.07, 6.45) is 7.55. The molecule has 5 rings (SSSR count). The third-order valence-electron chi connectivity index (χ3n) is 7.24. The van der Waals surface area contributed by atoms with Crippen molar-refractivity contribution in [1.29, 1.82) is 0 Å². The molecule has 6 heteroatoms. The van der Waals surface area contributed by atoms with Crippen LogP contribution in [0.2, 0.25) is 0 Å². The number of ether oxygens (including phenoxy) is 1. The van der Waals surface area contributed by atoms with E-state index in [-0.39, 0.29) is 11.8 Å². The fourth-order valence-corrected chi connectivity index (χ4v) is 5.33. The van der Waals surface area contributed by atoms with E-state index >= 15 is 0 Å². The highest BCUT2D eigenvalue weighted by Crippen LogP contribution is 2.26. The van der Waals surface area contributed by atoms with Crippen molar-refractivity contribution in [3.8, 4) is 5.75 Å². The van der Waals surface area contributed by atoms with E-state index in [1.54, 1.807) is 0 Å². The van der Waals surface area contributed by atoms with Crippen LogP contribution >= 0.6 is 0 Å². The first-order chi connectivity index (χ1) is 17.2. The molecule has 0 spiro atoms. The van der Waals surface area contributed by atoms with E-state index in [1.165, 1.54) is 10.9 Å². The maximum Gasteiger partial charge on any atom is 0.253 e. The summed E-state index contributed by atoms with van der Waals surface area (Å²) in [5.74, 6) is 1.49. The summed E-state index contributed by atoms with van der Waals surface area (Å²) in [5.41, 5.74) is 3.06. The number of rotatable bonds is 7. The lowest BCUT2D eigenvalue weighted by atomic mass is 9.91. The van der Waals surface area contributed by atoms with Gasteiger partial charge in [0.1, 0.15) is 12.4 Å². The lowest BCUT2D eigenvalue weighted by Gasteiger charge is -2.21. The molecule has 2 saturated heterocycles. The minimum absolute atomic E-state index is 0.0673. The van der Waals surface area contributed by atoms with Gasteiger partial charge in [-0.1, -0.05) is 30.3 Å². The van der Waals surface area contributed by atoms with Crippen LogP contribution in [0, 0.1) is 5.92 Å². The molecule has 35 heavy (non-hydrogen) atoms. The van der Waals surface area contributed by atoms with Crippen molar-refractivity contribution < 1.29 is 14.3 Å². The van der Waals surface area contributed by atoms with E-state index in [2.05, 4.69) is 29.2 Å². The van der Waals surface area contributed by atoms with Crippen LogP contribution in [-0.4, -0.2) is 59.4 Å². The van der Waals surface area contributed by atoms with E-state index in [9.17, 15) is 9.59 Å². The van der Waals surface area contributed by atoms with Gasteiger partial charge in [0, 0.05) is 43.2 Å². The van der Waals surface area contributed by atoms with Crippen molar-refractivity contribution in [3.05, 3.63) is 71.9 Å². The zero-order chi connectivity index (χ0) is 24.0. The van der Waals surface area contributed by atoms with Crippen molar-refractivity contribution in [3.63, 3.8) is 0 Å². The van der Waals surface area contributed by atoms with Crippen LogP contribution in [0.1, 0.15) is 48.0 Å². The molecular formula is C29H33N3O3. The van der Waals surface area contributed by atoms with E-state index in [0.29, 0.717) is 36.8 Å². The second-order valence-corrected chi connectivity index (χ2v) is 9.65. The molecule has 0 bridgehead atoms. The second kappa shape index (κ2) is 10.9. The van der Waals surface area contributed by atoms with Gasteiger partial charge in [0.15, 0.2) is 0 Å². The Morgan fingerprint density at radius 3 is 2.77 bits per heavy atom. The maximum atomic E-state index is 13.3. The molecule has 1 atom stereocenters. The van der Waals surface area contributed by atoms with Gasteiger partial charge in [0.2, 0.25) is 5.91 Å². The normalized spacial score (nSPS) is 18.6. The summed E-state index contributed by atoms with van der Waals surface area (Å²) in [6, 6.07) is 18.0. The molecule has 2 fully saturated rings. The highest BCUT2D eigenvalue weighted by molar-refractivity contribution is 5.94. The number of amides is 2. The Labute approximate surface area is 206 Å². The summed E-state index contributed by atoms with van der Waals surface area (Å²) >= 11 is 0. The highest BCUT2D eigenvalue weighted by Gasteiger charge is 2.23. The average Bonchev–Trinajstić information content (AvgIpc) is 3.15. The highest BCUT2D eigenvalue weighted by atomic mass is 16.5. The molecule has 2 aromatic carbocycles. The number of carbonyl (C=O) groups is 2. The van der Waals surface area contributed by atoms with Crippen molar-refractivity contribution in [2.75, 3.05) is 32.8 Å². The van der Waals surface area contributed by atoms with Crippen LogP contribution in [0.25, 0.3) is 10.9 Å². The van der Waals surface area contributed by atoms with Gasteiger partial charge >= 0.3 is 0 Å². The molecule has 1 unspecified atom stereocenters. The first-order valence-corrected chi connectivity index (χ1v) is 12.8. The van der Waals surface area contributed by atoms with E-state index < -0.39 is 0 Å². The Morgan fingerprint density at radius 2 is 1.89 bits per heavy atom. The Kier molecular flexibility index (Phi) is 7.26. The van der Waals surface area contributed by atoms with Gasteiger partial charge in [-0.15, -0.1) is 0 Å². The number of hydrogen-bond donors (Lipinski definition) is 0. The standard InChI is InChI=1S/C29H33N3O3/c33-27-12-5-15-31(27)18-19-35-26-11-2-9-25(21-26)29(34)32-16-4-6-22(13-17-32)20-24-8-1-7-23-10-3-14-30-28(23)24/h1-3,7-11,14,21-22H,4-6,12-13,15-20H2. The molecule has 2 amide bonds. The van der Waals surface area contributed by atoms with Gasteiger partial charge in [-0.3, -0.25) is 14.6 Å². The van der Waals surface area contributed by atoms with Crippen LogP contribution in [0.5, 0.6) is 5.75 Å². The molecule has 2 aliphatic rings. The van der Waals surface area contributed by atoms with Crippen molar-refractivity contribution in [2.45, 2.75) is 38.5 Å². The first-order valence-electron chi connectivity index (χ1n) is 12.8. The Hall–Kier alpha value is -3.41. The average molecular weight is 472 g/mol. The quantitative estimate of drug-likeness (QED) is 0.500. The summed E-state index contributed by atoms with van der Waals surface area (Å²) in [5, 5.41) is 1.18. The topological polar surface area (TPSA) is 62.7 Å². The molecule has 3 aromatic rings. The number of fused-ring (bicyclic) bond motifs is 1. The van der Waals surface area contributed by atoms with E-state index in [4.69, 9.17) is 4.74 Å². The Balaban J connectivity index is 1.17. The summed E-state index contributed by atoms with van der Waals surface area (Å²) < 4.78 is 5.87. The van der Waals surface area contributed by atoms with Crippen LogP contribution < -0.4 is 4.74 Å². The van der Waals surface area contributed by atoms with Crippen molar-refractivity contribution in [2.24, 2.45) is 5.92 Å². The molecule has 0 radical (unpaired) electrons. The van der Waals surface area contributed by atoms with Crippen LogP contribution in [0.15, 0.2) is 60.8 Å². The van der Waals surface area contributed by atoms with Crippen LogP contribution in [0.4, 0.5) is 0 Å². The number of likely N-dealkylation sites (tertiary alicyclic amines) is 2. The Morgan fingerprint density at radius 1 is 1.00 bits per heavy atom. The molecule has 0 N–H and O–H groups in total. The number of benzene rings is 2. The minimum Gasteiger partial charge on any atom is -0.492 e. The third-order valence-corrected chi connectivity index (χ3v) is 7.24. The number of aromatic nitrogens is 1. The van der Waals surface area contributed by atoms with Gasteiger partial charge in [-0.05, 0) is 67.9 Å². The summed E-state index contributed by atoms with van der Waals surface area (Å²) in [4.78, 5) is 33.5. The second-order valence-electron chi connectivity index (χ2n) is 9.65. The van der Waals surface area contributed by atoms with Gasteiger partial charge in [0.25, 0.3) is 5.91 Å². The maximum absolute atomic E-state index is 13.3.